The van der Waals surface area contributed by atoms with Crippen molar-refractivity contribution in [1.29, 1.82) is 0 Å². The Kier molecular flexibility index (Phi) is 5.04. The van der Waals surface area contributed by atoms with Crippen molar-refractivity contribution in [1.82, 2.24) is 4.90 Å². The van der Waals surface area contributed by atoms with Crippen LogP contribution in [0.15, 0.2) is 0 Å². The van der Waals surface area contributed by atoms with Gasteiger partial charge in [-0.25, -0.2) is 0 Å². The zero-order valence-corrected chi connectivity index (χ0v) is 10.2. The Morgan fingerprint density at radius 1 is 1.50 bits per heavy atom. The fraction of sp³-hybridized carbons (Fsp3) is 0.889. The molecule has 1 aliphatic heterocycles. The number of ether oxygens (including phenoxy) is 1. The molecule has 0 aromatic rings. The van der Waals surface area contributed by atoms with Gasteiger partial charge in [0.15, 0.2) is 0 Å². The van der Waals surface area contributed by atoms with E-state index in [1.54, 1.807) is 0 Å². The summed E-state index contributed by atoms with van der Waals surface area (Å²) < 4.78 is 41.8. The molecular formula is C9H13BrF3NO2. The average Bonchev–Trinajstić information content (AvgIpc) is 2.66. The monoisotopic (exact) mass is 303 g/mol. The zero-order chi connectivity index (χ0) is 12.2. The molecular weight excluding hydrogens is 291 g/mol. The summed E-state index contributed by atoms with van der Waals surface area (Å²) in [7, 11) is 0. The summed E-state index contributed by atoms with van der Waals surface area (Å²) in [5, 5.41) is 0.321. The Morgan fingerprint density at radius 2 is 2.19 bits per heavy atom. The minimum absolute atomic E-state index is 0.0399. The number of carbonyl (C=O) groups is 1. The molecule has 0 saturated carbocycles. The van der Waals surface area contributed by atoms with Gasteiger partial charge in [-0.2, -0.15) is 13.2 Å². The minimum Gasteiger partial charge on any atom is -0.368 e. The number of rotatable bonds is 4. The van der Waals surface area contributed by atoms with E-state index in [2.05, 4.69) is 15.9 Å². The van der Waals surface area contributed by atoms with E-state index in [4.69, 9.17) is 4.74 Å². The van der Waals surface area contributed by atoms with Crippen molar-refractivity contribution in [2.24, 2.45) is 0 Å². The van der Waals surface area contributed by atoms with Crippen LogP contribution in [0, 0.1) is 0 Å². The smallest absolute Gasteiger partial charge is 0.368 e. The Hall–Kier alpha value is -0.300. The molecule has 3 nitrogen and oxygen atoms in total. The highest BCUT2D eigenvalue weighted by atomic mass is 79.9. The van der Waals surface area contributed by atoms with Crippen molar-refractivity contribution < 1.29 is 22.7 Å². The molecule has 0 N–H and O–H groups in total. The van der Waals surface area contributed by atoms with Gasteiger partial charge in [-0.15, -0.1) is 0 Å². The zero-order valence-electron chi connectivity index (χ0n) is 8.60. The van der Waals surface area contributed by atoms with Crippen molar-refractivity contribution in [3.8, 4) is 0 Å². The summed E-state index contributed by atoms with van der Waals surface area (Å²) >= 11 is 3.03. The third kappa shape index (κ3) is 4.29. The van der Waals surface area contributed by atoms with Gasteiger partial charge in [-0.1, -0.05) is 15.9 Å². The lowest BCUT2D eigenvalue weighted by molar-refractivity contribution is -0.166. The third-order valence-electron chi connectivity index (χ3n) is 2.24. The highest BCUT2D eigenvalue weighted by molar-refractivity contribution is 9.09. The summed E-state index contributed by atoms with van der Waals surface area (Å²) in [6.07, 6.45) is -3.82. The Labute approximate surface area is 100 Å². The molecule has 7 heteroatoms. The molecule has 16 heavy (non-hydrogen) atoms. The quantitative estimate of drug-likeness (QED) is 0.743. The number of halogens is 4. The number of carbonyl (C=O) groups excluding carboxylic acids is 1. The van der Waals surface area contributed by atoms with E-state index in [0.29, 0.717) is 18.4 Å². The maximum atomic E-state index is 12.2. The predicted molar refractivity (Wildman–Crippen MR) is 55.4 cm³/mol. The standard InChI is InChI=1S/C9H13BrF3NO2/c10-3-4-14(6-9(11,12)13)8(15)7-2-1-5-16-7/h7H,1-6H2. The van der Waals surface area contributed by atoms with Gasteiger partial charge in [0.05, 0.1) is 0 Å². The summed E-state index contributed by atoms with van der Waals surface area (Å²) in [5.74, 6) is -0.561. The molecule has 1 saturated heterocycles. The van der Waals surface area contributed by atoms with Gasteiger partial charge in [0.25, 0.3) is 5.91 Å². The fourth-order valence-corrected chi connectivity index (χ4v) is 1.99. The second-order valence-electron chi connectivity index (χ2n) is 3.57. The lowest BCUT2D eigenvalue weighted by Gasteiger charge is -2.25. The van der Waals surface area contributed by atoms with Crippen molar-refractivity contribution >= 4 is 21.8 Å². The summed E-state index contributed by atoms with van der Waals surface area (Å²) in [4.78, 5) is 12.5. The van der Waals surface area contributed by atoms with Gasteiger partial charge in [-0.05, 0) is 12.8 Å². The van der Waals surface area contributed by atoms with E-state index < -0.39 is 24.7 Å². The van der Waals surface area contributed by atoms with Crippen LogP contribution in [0.5, 0.6) is 0 Å². The molecule has 1 fully saturated rings. The van der Waals surface area contributed by atoms with Gasteiger partial charge in [0.1, 0.15) is 12.6 Å². The maximum Gasteiger partial charge on any atom is 0.406 e. The van der Waals surface area contributed by atoms with Crippen LogP contribution in [0.2, 0.25) is 0 Å². The average molecular weight is 304 g/mol. The van der Waals surface area contributed by atoms with Crippen LogP contribution in [-0.2, 0) is 9.53 Å². The SMILES string of the molecule is O=C(C1CCCO1)N(CCBr)CC(F)(F)F. The molecule has 1 amide bonds. The molecule has 1 aliphatic rings. The molecule has 1 heterocycles. The van der Waals surface area contributed by atoms with Gasteiger partial charge >= 0.3 is 6.18 Å². The van der Waals surface area contributed by atoms with Gasteiger partial charge in [0.2, 0.25) is 0 Å². The first-order chi connectivity index (χ1) is 7.44. The van der Waals surface area contributed by atoms with Crippen LogP contribution < -0.4 is 0 Å². The Bertz CT molecular complexity index is 241. The van der Waals surface area contributed by atoms with E-state index in [1.165, 1.54) is 0 Å². The predicted octanol–water partition coefficient (Wildman–Crippen LogP) is 1.95. The van der Waals surface area contributed by atoms with Crippen LogP contribution in [0.3, 0.4) is 0 Å². The fourth-order valence-electron chi connectivity index (χ4n) is 1.56. The van der Waals surface area contributed by atoms with Crippen LogP contribution in [0.25, 0.3) is 0 Å². The van der Waals surface area contributed by atoms with E-state index in [0.717, 1.165) is 11.3 Å². The first-order valence-corrected chi connectivity index (χ1v) is 6.09. The second-order valence-corrected chi connectivity index (χ2v) is 4.36. The summed E-state index contributed by atoms with van der Waals surface area (Å²) in [6.45, 7) is -0.722. The highest BCUT2D eigenvalue weighted by Crippen LogP contribution is 2.20. The van der Waals surface area contributed by atoms with Gasteiger partial charge in [-0.3, -0.25) is 4.79 Å². The molecule has 0 aliphatic carbocycles. The topological polar surface area (TPSA) is 29.5 Å². The van der Waals surface area contributed by atoms with E-state index in [1.807, 2.05) is 0 Å². The first-order valence-electron chi connectivity index (χ1n) is 4.97. The normalized spacial score (nSPS) is 21.1. The molecule has 0 aromatic carbocycles. The van der Waals surface area contributed by atoms with Crippen LogP contribution >= 0.6 is 15.9 Å². The first kappa shape index (κ1) is 13.8. The Morgan fingerprint density at radius 3 is 2.62 bits per heavy atom. The number of hydrogen-bond donors (Lipinski definition) is 0. The number of nitrogens with zero attached hydrogens (tertiary/aromatic N) is 1. The van der Waals surface area contributed by atoms with Crippen LogP contribution in [0.1, 0.15) is 12.8 Å². The number of alkyl halides is 4. The molecule has 1 atom stereocenters. The Balaban J connectivity index is 2.57. The largest absolute Gasteiger partial charge is 0.406 e. The van der Waals surface area contributed by atoms with Crippen molar-refractivity contribution in [2.45, 2.75) is 25.1 Å². The van der Waals surface area contributed by atoms with Crippen molar-refractivity contribution in [2.75, 3.05) is 25.0 Å². The number of amides is 1. The maximum absolute atomic E-state index is 12.2. The van der Waals surface area contributed by atoms with Crippen molar-refractivity contribution in [3.63, 3.8) is 0 Å². The van der Waals surface area contributed by atoms with Crippen LogP contribution in [-0.4, -0.2) is 48.1 Å². The second kappa shape index (κ2) is 5.86. The highest BCUT2D eigenvalue weighted by Gasteiger charge is 2.36. The molecule has 0 spiro atoms. The summed E-state index contributed by atoms with van der Waals surface area (Å²) in [5.41, 5.74) is 0. The van der Waals surface area contributed by atoms with E-state index >= 15 is 0 Å². The molecule has 0 aromatic heterocycles. The van der Waals surface area contributed by atoms with Gasteiger partial charge < -0.3 is 9.64 Å². The molecule has 0 radical (unpaired) electrons. The molecule has 1 rings (SSSR count). The number of hydrogen-bond acceptors (Lipinski definition) is 2. The van der Waals surface area contributed by atoms with Gasteiger partial charge in [0, 0.05) is 18.5 Å². The molecule has 94 valence electrons. The van der Waals surface area contributed by atoms with Crippen molar-refractivity contribution in [3.05, 3.63) is 0 Å². The lowest BCUT2D eigenvalue weighted by atomic mass is 10.2. The van der Waals surface area contributed by atoms with E-state index in [-0.39, 0.29) is 6.54 Å². The summed E-state index contributed by atoms with van der Waals surface area (Å²) in [6, 6.07) is 0. The lowest BCUT2D eigenvalue weighted by Crippen LogP contribution is -2.45. The van der Waals surface area contributed by atoms with E-state index in [9.17, 15) is 18.0 Å². The third-order valence-corrected chi connectivity index (χ3v) is 2.60. The molecule has 0 bridgehead atoms. The minimum atomic E-state index is -4.36. The molecule has 1 unspecified atom stereocenters. The van der Waals surface area contributed by atoms with Crippen LogP contribution in [0.4, 0.5) is 13.2 Å².